The zero-order valence-electron chi connectivity index (χ0n) is 18.1. The molecule has 0 saturated carbocycles. The molecule has 0 aliphatic carbocycles. The van der Waals surface area contributed by atoms with Crippen LogP contribution in [0.2, 0.25) is 0 Å². The summed E-state index contributed by atoms with van der Waals surface area (Å²) in [6, 6.07) is 21.0. The number of carbonyl (C=O) groups excluding carboxylic acids is 1. The van der Waals surface area contributed by atoms with E-state index in [1.807, 2.05) is 30.3 Å². The predicted octanol–water partition coefficient (Wildman–Crippen LogP) is 5.37. The number of para-hydroxylation sites is 1. The first-order valence-corrected chi connectivity index (χ1v) is 11.1. The van der Waals surface area contributed by atoms with Gasteiger partial charge in [-0.15, -0.1) is 0 Å². The maximum absolute atomic E-state index is 14.3. The topological polar surface area (TPSA) is 38.8 Å². The van der Waals surface area contributed by atoms with Gasteiger partial charge in [0.2, 0.25) is 0 Å². The van der Waals surface area contributed by atoms with Crippen molar-refractivity contribution in [3.8, 4) is 11.5 Å². The van der Waals surface area contributed by atoms with Gasteiger partial charge in [-0.1, -0.05) is 36.4 Å². The highest BCUT2D eigenvalue weighted by Crippen LogP contribution is 2.31. The van der Waals surface area contributed by atoms with Gasteiger partial charge in [0.1, 0.15) is 36.8 Å². The monoisotopic (exact) mass is 433 g/mol. The molecule has 0 unspecified atom stereocenters. The molecule has 0 spiro atoms. The van der Waals surface area contributed by atoms with Crippen LogP contribution in [0.4, 0.5) is 10.1 Å². The van der Waals surface area contributed by atoms with Crippen LogP contribution < -0.4 is 14.4 Å². The van der Waals surface area contributed by atoms with Crippen LogP contribution >= 0.6 is 0 Å². The van der Waals surface area contributed by atoms with Gasteiger partial charge >= 0.3 is 0 Å². The summed E-state index contributed by atoms with van der Waals surface area (Å²) in [5, 5.41) is 0. The lowest BCUT2D eigenvalue weighted by molar-refractivity contribution is -0.107. The Morgan fingerprint density at radius 3 is 2.62 bits per heavy atom. The van der Waals surface area contributed by atoms with E-state index in [0.29, 0.717) is 37.4 Å². The number of nitrogens with zero attached hydrogens (tertiary/aromatic N) is 1. The summed E-state index contributed by atoms with van der Waals surface area (Å²) in [7, 11) is 0. The molecule has 0 atom stereocenters. The van der Waals surface area contributed by atoms with Gasteiger partial charge in [0, 0.05) is 24.7 Å². The number of ether oxygens (including phenoxy) is 2. The average Bonchev–Trinajstić information content (AvgIpc) is 2.83. The third-order valence-electron chi connectivity index (χ3n) is 5.77. The van der Waals surface area contributed by atoms with Gasteiger partial charge in [0.05, 0.1) is 6.54 Å². The van der Waals surface area contributed by atoms with Crippen LogP contribution in [0, 0.1) is 5.82 Å². The number of fused-ring (bicyclic) bond motifs is 1. The minimum absolute atomic E-state index is 0.320. The molecule has 32 heavy (non-hydrogen) atoms. The van der Waals surface area contributed by atoms with E-state index < -0.39 is 0 Å². The van der Waals surface area contributed by atoms with E-state index in [-0.39, 0.29) is 5.82 Å². The largest absolute Gasteiger partial charge is 0.492 e. The number of anilines is 1. The molecule has 1 aliphatic rings. The molecule has 0 bridgehead atoms. The Bertz CT molecular complexity index is 1040. The van der Waals surface area contributed by atoms with Crippen LogP contribution in [0.1, 0.15) is 29.5 Å². The van der Waals surface area contributed by atoms with Crippen molar-refractivity contribution in [1.29, 1.82) is 0 Å². The molecule has 0 N–H and O–H groups in total. The van der Waals surface area contributed by atoms with E-state index in [9.17, 15) is 9.18 Å². The number of aryl methyl sites for hydroxylation is 1. The Balaban J connectivity index is 1.39. The number of halogens is 1. The summed E-state index contributed by atoms with van der Waals surface area (Å²) in [5.74, 6) is 1.05. The van der Waals surface area contributed by atoms with Gasteiger partial charge < -0.3 is 19.2 Å². The van der Waals surface area contributed by atoms with Gasteiger partial charge in [0.15, 0.2) is 0 Å². The van der Waals surface area contributed by atoms with Crippen molar-refractivity contribution in [2.45, 2.75) is 32.3 Å². The third kappa shape index (κ3) is 5.47. The molecular formula is C27H28FNO3. The second-order valence-corrected chi connectivity index (χ2v) is 7.91. The molecule has 3 aromatic carbocycles. The minimum Gasteiger partial charge on any atom is -0.492 e. The third-order valence-corrected chi connectivity index (χ3v) is 5.77. The number of rotatable bonds is 10. The second kappa shape index (κ2) is 10.8. The number of aldehydes is 1. The first kappa shape index (κ1) is 21.9. The number of benzene rings is 3. The van der Waals surface area contributed by atoms with Crippen molar-refractivity contribution in [1.82, 2.24) is 0 Å². The molecule has 0 aromatic heterocycles. The van der Waals surface area contributed by atoms with Crippen molar-refractivity contribution >= 4 is 12.0 Å². The number of hydrogen-bond acceptors (Lipinski definition) is 4. The van der Waals surface area contributed by atoms with Crippen LogP contribution in [-0.4, -0.2) is 26.0 Å². The van der Waals surface area contributed by atoms with Gasteiger partial charge in [-0.05, 0) is 60.2 Å². The van der Waals surface area contributed by atoms with Crippen LogP contribution in [-0.2, 0) is 24.2 Å². The molecule has 0 amide bonds. The summed E-state index contributed by atoms with van der Waals surface area (Å²) in [6.45, 7) is 2.84. The lowest BCUT2D eigenvalue weighted by atomic mass is 9.96. The van der Waals surface area contributed by atoms with Crippen LogP contribution in [0.3, 0.4) is 0 Å². The average molecular weight is 434 g/mol. The molecule has 3 aromatic rings. The number of hydrogen-bond donors (Lipinski definition) is 0. The second-order valence-electron chi connectivity index (χ2n) is 7.91. The van der Waals surface area contributed by atoms with E-state index >= 15 is 0 Å². The zero-order valence-corrected chi connectivity index (χ0v) is 18.1. The normalized spacial score (nSPS) is 12.8. The quantitative estimate of drug-likeness (QED) is 0.403. The van der Waals surface area contributed by atoms with Crippen molar-refractivity contribution in [3.05, 3.63) is 89.2 Å². The molecule has 5 heteroatoms. The Labute approximate surface area is 188 Å². The molecule has 0 fully saturated rings. The fourth-order valence-corrected chi connectivity index (χ4v) is 4.13. The van der Waals surface area contributed by atoms with E-state index in [4.69, 9.17) is 9.47 Å². The highest BCUT2D eigenvalue weighted by molar-refractivity contribution is 5.58. The molecular weight excluding hydrogens is 405 g/mol. The smallest absolute Gasteiger partial charge is 0.130 e. The minimum atomic E-state index is -0.330. The van der Waals surface area contributed by atoms with Crippen molar-refractivity contribution in [3.63, 3.8) is 0 Å². The SMILES string of the molecule is O=CCCc1ccc(OCc2cccc3c2CCCN3CCOc2ccccc2)cc1F. The fourth-order valence-electron chi connectivity index (χ4n) is 4.13. The summed E-state index contributed by atoms with van der Waals surface area (Å²) in [4.78, 5) is 12.9. The molecule has 0 saturated heterocycles. The van der Waals surface area contributed by atoms with Gasteiger partial charge in [-0.3, -0.25) is 0 Å². The van der Waals surface area contributed by atoms with Gasteiger partial charge in [-0.2, -0.15) is 0 Å². The molecule has 1 heterocycles. The van der Waals surface area contributed by atoms with Crippen molar-refractivity contribution < 1.29 is 18.7 Å². The lowest BCUT2D eigenvalue weighted by Gasteiger charge is -2.32. The summed E-state index contributed by atoms with van der Waals surface area (Å²) < 4.78 is 26.1. The Hall–Kier alpha value is -3.34. The first-order chi connectivity index (χ1) is 15.7. The van der Waals surface area contributed by atoms with Crippen LogP contribution in [0.5, 0.6) is 11.5 Å². The highest BCUT2D eigenvalue weighted by atomic mass is 19.1. The standard InChI is InChI=1S/C27H28FNO3/c28-26-19-24(14-13-21(26)8-6-17-30)32-20-22-7-4-12-27-25(22)11-5-15-29(27)16-18-31-23-9-2-1-3-10-23/h1-4,7,9-10,12-14,17,19H,5-6,8,11,15-16,18,20H2. The van der Waals surface area contributed by atoms with Crippen molar-refractivity contribution in [2.75, 3.05) is 24.6 Å². The zero-order chi connectivity index (χ0) is 22.2. The Morgan fingerprint density at radius 1 is 0.938 bits per heavy atom. The van der Waals surface area contributed by atoms with Gasteiger partial charge in [0.25, 0.3) is 0 Å². The van der Waals surface area contributed by atoms with Crippen LogP contribution in [0.25, 0.3) is 0 Å². The van der Waals surface area contributed by atoms with E-state index in [2.05, 4.69) is 23.1 Å². The molecule has 4 nitrogen and oxygen atoms in total. The first-order valence-electron chi connectivity index (χ1n) is 11.1. The summed E-state index contributed by atoms with van der Waals surface area (Å²) in [6.07, 6.45) is 3.62. The number of carbonyl (C=O) groups is 1. The van der Waals surface area contributed by atoms with Crippen molar-refractivity contribution in [2.24, 2.45) is 0 Å². The maximum atomic E-state index is 14.3. The molecule has 4 rings (SSSR count). The fraction of sp³-hybridized carbons (Fsp3) is 0.296. The Kier molecular flexibility index (Phi) is 7.38. The molecule has 166 valence electrons. The highest BCUT2D eigenvalue weighted by Gasteiger charge is 2.19. The summed E-state index contributed by atoms with van der Waals surface area (Å²) >= 11 is 0. The summed E-state index contributed by atoms with van der Waals surface area (Å²) in [5.41, 5.74) is 4.18. The Morgan fingerprint density at radius 2 is 1.81 bits per heavy atom. The molecule has 1 aliphatic heterocycles. The van der Waals surface area contributed by atoms with Gasteiger partial charge in [-0.25, -0.2) is 4.39 Å². The van der Waals surface area contributed by atoms with Crippen LogP contribution in [0.15, 0.2) is 66.7 Å². The predicted molar refractivity (Wildman–Crippen MR) is 124 cm³/mol. The maximum Gasteiger partial charge on any atom is 0.130 e. The molecule has 0 radical (unpaired) electrons. The lowest BCUT2D eigenvalue weighted by Crippen LogP contribution is -2.33. The van der Waals surface area contributed by atoms with E-state index in [1.54, 1.807) is 12.1 Å². The van der Waals surface area contributed by atoms with E-state index in [0.717, 1.165) is 43.5 Å². The van der Waals surface area contributed by atoms with E-state index in [1.165, 1.54) is 17.3 Å².